The van der Waals surface area contributed by atoms with Gasteiger partial charge in [-0.15, -0.1) is 0 Å². The van der Waals surface area contributed by atoms with E-state index in [1.54, 1.807) is 0 Å². The highest BCUT2D eigenvalue weighted by Gasteiger charge is 2.19. The first kappa shape index (κ1) is 9.26. The Morgan fingerprint density at radius 1 is 1.42 bits per heavy atom. The van der Waals surface area contributed by atoms with Gasteiger partial charge in [0.05, 0.1) is 19.3 Å². The molecule has 0 heterocycles. The number of hydrogen-bond acceptors (Lipinski definition) is 3. The smallest absolute Gasteiger partial charge is 0.226 e. The van der Waals surface area contributed by atoms with E-state index >= 15 is 0 Å². The van der Waals surface area contributed by atoms with Crippen molar-refractivity contribution >= 4 is 11.7 Å². The maximum Gasteiger partial charge on any atom is 0.226 e. The average molecular weight is 268 g/mol. The molecule has 1 N–H and O–H groups in total. The molecule has 0 saturated carbocycles. The Hall–Kier alpha value is -1.68. The molecular formula is C15H21NO3. The quantitative estimate of drug-likeness (QED) is 0.821. The maximum atomic E-state index is 12.3. The molecule has 4 nitrogen and oxygen atoms in total. The van der Waals surface area contributed by atoms with Gasteiger partial charge >= 0.3 is 0 Å². The van der Waals surface area contributed by atoms with Crippen molar-refractivity contribution < 1.29 is 21.2 Å². The van der Waals surface area contributed by atoms with Crippen LogP contribution in [0.1, 0.15) is 31.3 Å². The summed E-state index contributed by atoms with van der Waals surface area (Å²) in [7, 11) is -3.02. The second-order valence-electron chi connectivity index (χ2n) is 4.38. The largest absolute Gasteiger partial charge is 0.384 e. The molecule has 0 aliphatic rings. The van der Waals surface area contributed by atoms with Gasteiger partial charge in [-0.1, -0.05) is 29.8 Å². The van der Waals surface area contributed by atoms with Gasteiger partial charge in [-0.2, -0.15) is 0 Å². The number of carbonyl (C=O) groups is 2. The first-order chi connectivity index (χ1) is 10.9. The first-order valence-electron chi connectivity index (χ1n) is 8.43. The van der Waals surface area contributed by atoms with Gasteiger partial charge in [0, 0.05) is 20.0 Å². The molecule has 1 aromatic carbocycles. The molecule has 1 rings (SSSR count). The van der Waals surface area contributed by atoms with Crippen LogP contribution in [0.4, 0.5) is 0 Å². The van der Waals surface area contributed by atoms with Gasteiger partial charge in [-0.05, 0) is 19.4 Å². The van der Waals surface area contributed by atoms with Crippen LogP contribution in [0.3, 0.4) is 0 Å². The number of ether oxygens (including phenoxy) is 1. The van der Waals surface area contributed by atoms with Crippen LogP contribution in [0, 0.1) is 12.8 Å². The van der Waals surface area contributed by atoms with Crippen LogP contribution in [0.5, 0.6) is 0 Å². The van der Waals surface area contributed by atoms with Crippen molar-refractivity contribution in [3.05, 3.63) is 35.4 Å². The van der Waals surface area contributed by atoms with Gasteiger partial charge < -0.3 is 14.8 Å². The molecule has 104 valence electrons. The van der Waals surface area contributed by atoms with Crippen molar-refractivity contribution in [3.8, 4) is 0 Å². The molecule has 1 amide bonds. The van der Waals surface area contributed by atoms with Gasteiger partial charge in [0.25, 0.3) is 0 Å². The second-order valence-corrected chi connectivity index (χ2v) is 4.38. The number of methoxy groups -OCH3 is 1. The third kappa shape index (κ3) is 5.66. The van der Waals surface area contributed by atoms with E-state index in [0.717, 1.165) is 11.1 Å². The van der Waals surface area contributed by atoms with Gasteiger partial charge in [-0.3, -0.25) is 4.79 Å². The Morgan fingerprint density at radius 2 is 2.11 bits per heavy atom. The van der Waals surface area contributed by atoms with Crippen LogP contribution in [0.2, 0.25) is 0 Å². The number of amides is 1. The lowest BCUT2D eigenvalue weighted by Crippen LogP contribution is -2.33. The average Bonchev–Trinajstić information content (AvgIpc) is 2.41. The van der Waals surface area contributed by atoms with Crippen LogP contribution in [-0.2, 0) is 20.9 Å². The van der Waals surface area contributed by atoms with Crippen molar-refractivity contribution in [3.63, 3.8) is 0 Å². The number of carbonyl (C=O) groups excluding carboxylic acids is 2. The molecule has 0 aliphatic carbocycles. The molecule has 0 spiro atoms. The standard InChI is InChI=1S/C15H21NO3/c1-11-4-6-13(7-5-11)9-16-15(18)14(10-19-3)8-12(2)17/h4-7,14H,8-10H2,1-3H3,(H,16,18)/i3D3,10D2. The summed E-state index contributed by atoms with van der Waals surface area (Å²) in [5.41, 5.74) is 1.86. The van der Waals surface area contributed by atoms with Crippen LogP contribution < -0.4 is 5.32 Å². The number of nitrogens with one attached hydrogen (secondary N) is 1. The van der Waals surface area contributed by atoms with Crippen molar-refractivity contribution in [2.45, 2.75) is 26.8 Å². The van der Waals surface area contributed by atoms with Crippen LogP contribution in [0.25, 0.3) is 0 Å². The molecule has 0 aliphatic heterocycles. The number of benzene rings is 1. The molecule has 0 radical (unpaired) electrons. The van der Waals surface area contributed by atoms with Gasteiger partial charge in [0.15, 0.2) is 0 Å². The molecule has 1 atom stereocenters. The van der Waals surface area contributed by atoms with Gasteiger partial charge in [0.2, 0.25) is 5.91 Å². The highest BCUT2D eigenvalue weighted by atomic mass is 16.5. The molecule has 4 heteroatoms. The Kier molecular flexibility index (Phi) is 3.75. The van der Waals surface area contributed by atoms with Crippen LogP contribution >= 0.6 is 0 Å². The van der Waals surface area contributed by atoms with Gasteiger partial charge in [-0.25, -0.2) is 0 Å². The molecule has 0 saturated heterocycles. The summed E-state index contributed by atoms with van der Waals surface area (Å²) in [5.74, 6) is -2.77. The lowest BCUT2D eigenvalue weighted by molar-refractivity contribution is -0.130. The third-order valence-corrected chi connectivity index (χ3v) is 2.60. The highest BCUT2D eigenvalue weighted by molar-refractivity contribution is 5.85. The minimum Gasteiger partial charge on any atom is -0.384 e. The fourth-order valence-corrected chi connectivity index (χ4v) is 1.56. The van der Waals surface area contributed by atoms with E-state index in [1.165, 1.54) is 6.92 Å². The molecule has 1 unspecified atom stereocenters. The second kappa shape index (κ2) is 7.69. The fraction of sp³-hybridized carbons (Fsp3) is 0.467. The molecular weight excluding hydrogens is 242 g/mol. The predicted octanol–water partition coefficient (Wildman–Crippen LogP) is 1.85. The Labute approximate surface area is 121 Å². The summed E-state index contributed by atoms with van der Waals surface area (Å²) in [6, 6.07) is 7.35. The number of hydrogen-bond donors (Lipinski definition) is 1. The lowest BCUT2D eigenvalue weighted by atomic mass is 10.0. The predicted molar refractivity (Wildman–Crippen MR) is 73.7 cm³/mol. The van der Waals surface area contributed by atoms with Crippen molar-refractivity contribution in [2.75, 3.05) is 13.6 Å². The summed E-state index contributed by atoms with van der Waals surface area (Å²) < 4.78 is 40.9. The Balaban J connectivity index is 2.84. The zero-order valence-corrected chi connectivity index (χ0v) is 11.0. The lowest BCUT2D eigenvalue weighted by Gasteiger charge is -2.14. The summed E-state index contributed by atoms with van der Waals surface area (Å²) >= 11 is 0. The Morgan fingerprint density at radius 3 is 2.68 bits per heavy atom. The van der Waals surface area contributed by atoms with E-state index in [0.29, 0.717) is 0 Å². The first-order valence-corrected chi connectivity index (χ1v) is 5.93. The summed E-state index contributed by atoms with van der Waals surface area (Å²) in [5, 5.41) is 2.52. The van der Waals surface area contributed by atoms with E-state index < -0.39 is 37.6 Å². The van der Waals surface area contributed by atoms with Gasteiger partial charge in [0.1, 0.15) is 5.78 Å². The third-order valence-electron chi connectivity index (χ3n) is 2.60. The number of Topliss-reactive ketones (excluding diaryl/α,β-unsaturated/α-hetero) is 1. The number of aryl methyl sites for hydroxylation is 1. The van der Waals surface area contributed by atoms with Crippen LogP contribution in [0.15, 0.2) is 24.3 Å². The SMILES string of the molecule is [2H]C([2H])([2H])OC([2H])([2H])C(CC(C)=O)C(=O)NCc1ccc(C)cc1. The van der Waals surface area contributed by atoms with E-state index in [-0.39, 0.29) is 6.54 Å². The fourth-order valence-electron chi connectivity index (χ4n) is 1.56. The van der Waals surface area contributed by atoms with E-state index in [4.69, 9.17) is 6.85 Å². The van der Waals surface area contributed by atoms with Crippen molar-refractivity contribution in [1.82, 2.24) is 5.32 Å². The molecule has 0 bridgehead atoms. The highest BCUT2D eigenvalue weighted by Crippen LogP contribution is 2.07. The molecule has 19 heavy (non-hydrogen) atoms. The maximum absolute atomic E-state index is 12.3. The number of ketones is 1. The minimum absolute atomic E-state index is 0.136. The normalized spacial score (nSPS) is 17.3. The van der Waals surface area contributed by atoms with E-state index in [2.05, 4.69) is 10.1 Å². The summed E-state index contributed by atoms with van der Waals surface area (Å²) in [4.78, 5) is 23.6. The molecule has 1 aromatic rings. The summed E-state index contributed by atoms with van der Waals surface area (Å²) in [6.07, 6.45) is -0.456. The van der Waals surface area contributed by atoms with E-state index in [1.807, 2.05) is 31.2 Å². The molecule has 0 fully saturated rings. The monoisotopic (exact) mass is 268 g/mol. The zero-order chi connectivity index (χ0) is 18.5. The zero-order valence-electron chi connectivity index (χ0n) is 16.0. The van der Waals surface area contributed by atoms with Crippen molar-refractivity contribution in [1.29, 1.82) is 0 Å². The topological polar surface area (TPSA) is 55.4 Å². The minimum atomic E-state index is -3.02. The van der Waals surface area contributed by atoms with E-state index in [9.17, 15) is 9.59 Å². The molecule has 0 aromatic heterocycles. The number of rotatable bonds is 7. The Bertz CT molecular complexity index is 584. The van der Waals surface area contributed by atoms with Crippen molar-refractivity contribution in [2.24, 2.45) is 5.92 Å². The summed E-state index contributed by atoms with van der Waals surface area (Å²) in [6.45, 7) is 0.462. The van der Waals surface area contributed by atoms with Crippen LogP contribution in [-0.4, -0.2) is 25.3 Å².